The van der Waals surface area contributed by atoms with E-state index in [2.05, 4.69) is 4.98 Å². The minimum Gasteiger partial charge on any atom is -0.320 e. The van der Waals surface area contributed by atoms with Gasteiger partial charge in [0.15, 0.2) is 0 Å². The van der Waals surface area contributed by atoms with Gasteiger partial charge in [0.2, 0.25) is 0 Å². The Morgan fingerprint density at radius 3 is 2.60 bits per heavy atom. The number of alkyl halides is 3. The highest BCUT2D eigenvalue weighted by Gasteiger charge is 2.30. The second kappa shape index (κ2) is 5.18. The Morgan fingerprint density at radius 1 is 1.30 bits per heavy atom. The third kappa shape index (κ3) is 3.02. The molecule has 0 saturated carbocycles. The highest BCUT2D eigenvalue weighted by molar-refractivity contribution is 7.10. The summed E-state index contributed by atoms with van der Waals surface area (Å²) < 4.78 is 38.1. The molecule has 2 aromatic rings. The van der Waals surface area contributed by atoms with Crippen molar-refractivity contribution in [2.75, 3.05) is 0 Å². The molecule has 0 amide bonds. The molecular weight excluding hydrogens is 285 g/mol. The van der Waals surface area contributed by atoms with E-state index in [1.165, 1.54) is 17.4 Å². The lowest BCUT2D eigenvalue weighted by molar-refractivity contribution is -0.137. The second-order valence-corrected chi connectivity index (χ2v) is 5.75. The Bertz CT molecular complexity index is 602. The predicted molar refractivity (Wildman–Crippen MR) is 74.4 cm³/mol. The third-order valence-corrected chi connectivity index (χ3v) is 4.33. The lowest BCUT2D eigenvalue weighted by atomic mass is 10.0. The molecule has 2 N–H and O–H groups in total. The number of rotatable bonds is 3. The smallest absolute Gasteiger partial charge is 0.320 e. The van der Waals surface area contributed by atoms with E-state index in [1.54, 1.807) is 11.4 Å². The molecule has 108 valence electrons. The van der Waals surface area contributed by atoms with Gasteiger partial charge in [-0.15, -0.1) is 11.3 Å². The van der Waals surface area contributed by atoms with Crippen LogP contribution in [-0.2, 0) is 11.7 Å². The molecule has 1 atom stereocenters. The molecule has 0 bridgehead atoms. The average Bonchev–Trinajstić information content (AvgIpc) is 2.88. The maximum Gasteiger partial charge on any atom is 0.416 e. The first-order valence-corrected chi connectivity index (χ1v) is 7.04. The van der Waals surface area contributed by atoms with Crippen molar-refractivity contribution >= 4 is 11.3 Å². The summed E-state index contributed by atoms with van der Waals surface area (Å²) in [6, 6.07) is 5.17. The fourth-order valence-corrected chi connectivity index (χ4v) is 2.65. The Morgan fingerprint density at radius 2 is 2.00 bits per heavy atom. The molecule has 0 fully saturated rings. The van der Waals surface area contributed by atoms with E-state index >= 15 is 0 Å². The summed E-state index contributed by atoms with van der Waals surface area (Å²) >= 11 is 1.37. The van der Waals surface area contributed by atoms with E-state index in [-0.39, 0.29) is 0 Å². The maximum absolute atomic E-state index is 12.7. The van der Waals surface area contributed by atoms with Crippen molar-refractivity contribution in [1.82, 2.24) is 4.98 Å². The zero-order valence-corrected chi connectivity index (χ0v) is 12.0. The lowest BCUT2D eigenvalue weighted by Gasteiger charge is -2.18. The van der Waals surface area contributed by atoms with E-state index in [9.17, 15) is 13.2 Å². The van der Waals surface area contributed by atoms with E-state index < -0.39 is 17.3 Å². The van der Waals surface area contributed by atoms with Gasteiger partial charge in [0.25, 0.3) is 0 Å². The van der Waals surface area contributed by atoms with Gasteiger partial charge in [-0.2, -0.15) is 13.2 Å². The molecule has 1 aromatic carbocycles. The number of nitrogens with zero attached hydrogens (tertiary/aromatic N) is 1. The first-order valence-electron chi connectivity index (χ1n) is 6.16. The van der Waals surface area contributed by atoms with Gasteiger partial charge in [-0.1, -0.05) is 19.1 Å². The summed E-state index contributed by atoms with van der Waals surface area (Å²) in [6.07, 6.45) is -3.64. The first kappa shape index (κ1) is 15.0. The fraction of sp³-hybridized carbons (Fsp3) is 0.357. The van der Waals surface area contributed by atoms with Gasteiger partial charge >= 0.3 is 6.18 Å². The zero-order chi connectivity index (χ0) is 15.0. The van der Waals surface area contributed by atoms with Crippen LogP contribution in [0.4, 0.5) is 13.2 Å². The number of hydrogen-bond acceptors (Lipinski definition) is 3. The Labute approximate surface area is 119 Å². The molecule has 20 heavy (non-hydrogen) atoms. The van der Waals surface area contributed by atoms with Gasteiger partial charge in [-0.05, 0) is 25.5 Å². The van der Waals surface area contributed by atoms with Gasteiger partial charge < -0.3 is 5.73 Å². The molecule has 1 unspecified atom stereocenters. The predicted octanol–water partition coefficient (Wildman–Crippen LogP) is 4.41. The number of aromatic nitrogens is 1. The highest BCUT2D eigenvalue weighted by atomic mass is 32.1. The van der Waals surface area contributed by atoms with Crippen molar-refractivity contribution in [2.45, 2.75) is 32.0 Å². The quantitative estimate of drug-likeness (QED) is 0.911. The van der Waals surface area contributed by atoms with Crippen LogP contribution in [0.5, 0.6) is 0 Å². The van der Waals surface area contributed by atoms with Crippen LogP contribution in [0.2, 0.25) is 0 Å². The summed E-state index contributed by atoms with van der Waals surface area (Å²) in [4.78, 5) is 4.37. The molecule has 2 nitrogen and oxygen atoms in total. The minimum atomic E-state index is -4.35. The minimum absolute atomic E-state index is 0.453. The van der Waals surface area contributed by atoms with Gasteiger partial charge in [0.1, 0.15) is 5.01 Å². The topological polar surface area (TPSA) is 38.9 Å². The molecule has 6 heteroatoms. The summed E-state index contributed by atoms with van der Waals surface area (Å²) in [5, 5.41) is 2.47. The molecule has 0 aliphatic carbocycles. The van der Waals surface area contributed by atoms with Crippen molar-refractivity contribution in [3.8, 4) is 11.3 Å². The number of benzene rings is 1. The first-order chi connectivity index (χ1) is 9.24. The number of thiazole rings is 1. The molecule has 2 rings (SSSR count). The third-order valence-electron chi connectivity index (χ3n) is 3.21. The molecule has 1 heterocycles. The summed E-state index contributed by atoms with van der Waals surface area (Å²) in [5.74, 6) is 0. The van der Waals surface area contributed by atoms with Gasteiger partial charge in [-0.3, -0.25) is 0 Å². The average molecular weight is 300 g/mol. The Kier molecular flexibility index (Phi) is 3.88. The molecular formula is C14H15F3N2S. The van der Waals surface area contributed by atoms with E-state index in [0.717, 1.165) is 17.1 Å². The van der Waals surface area contributed by atoms with Crippen LogP contribution in [0.1, 0.15) is 30.8 Å². The Hall–Kier alpha value is -1.40. The van der Waals surface area contributed by atoms with Crippen LogP contribution in [-0.4, -0.2) is 4.98 Å². The molecule has 0 saturated heterocycles. The van der Waals surface area contributed by atoms with Crippen molar-refractivity contribution in [3.63, 3.8) is 0 Å². The van der Waals surface area contributed by atoms with Crippen LogP contribution in [0.3, 0.4) is 0 Å². The molecule has 0 aliphatic heterocycles. The van der Waals surface area contributed by atoms with Crippen molar-refractivity contribution < 1.29 is 13.2 Å². The summed E-state index contributed by atoms with van der Waals surface area (Å²) in [7, 11) is 0. The van der Waals surface area contributed by atoms with Gasteiger partial charge in [0, 0.05) is 10.9 Å². The molecule has 0 spiro atoms. The SMILES string of the molecule is CCC(C)(N)c1nc(-c2cccc(C(F)(F)F)c2)cs1. The Balaban J connectivity index is 2.38. The van der Waals surface area contributed by atoms with Crippen molar-refractivity contribution in [1.29, 1.82) is 0 Å². The number of nitrogens with two attached hydrogens (primary N) is 1. The van der Waals surface area contributed by atoms with Crippen LogP contribution in [0.15, 0.2) is 29.6 Å². The highest BCUT2D eigenvalue weighted by Crippen LogP contribution is 2.33. The van der Waals surface area contributed by atoms with Crippen LogP contribution < -0.4 is 5.73 Å². The van der Waals surface area contributed by atoms with Gasteiger partial charge in [-0.25, -0.2) is 4.98 Å². The van der Waals surface area contributed by atoms with Crippen molar-refractivity contribution in [2.24, 2.45) is 5.73 Å². The largest absolute Gasteiger partial charge is 0.416 e. The summed E-state index contributed by atoms with van der Waals surface area (Å²) in [5.41, 5.74) is 5.86. The van der Waals surface area contributed by atoms with Gasteiger partial charge in [0.05, 0.1) is 16.8 Å². The van der Waals surface area contributed by atoms with Crippen LogP contribution >= 0.6 is 11.3 Å². The monoisotopic (exact) mass is 300 g/mol. The maximum atomic E-state index is 12.7. The second-order valence-electron chi connectivity index (χ2n) is 4.89. The molecule has 1 aromatic heterocycles. The van der Waals surface area contributed by atoms with E-state index in [1.807, 2.05) is 13.8 Å². The standard InChI is InChI=1S/C14H15F3N2S/c1-3-13(2,18)12-19-11(8-20-12)9-5-4-6-10(7-9)14(15,16)17/h4-8H,3,18H2,1-2H3. The lowest BCUT2D eigenvalue weighted by Crippen LogP contribution is -2.31. The molecule has 0 aliphatic rings. The van der Waals surface area contributed by atoms with Crippen LogP contribution in [0, 0.1) is 0 Å². The fourth-order valence-electron chi connectivity index (χ4n) is 1.67. The zero-order valence-electron chi connectivity index (χ0n) is 11.2. The summed E-state index contributed by atoms with van der Waals surface area (Å²) in [6.45, 7) is 3.81. The molecule has 0 radical (unpaired) electrons. The number of halogens is 3. The normalized spacial score (nSPS) is 15.1. The van der Waals surface area contributed by atoms with E-state index in [4.69, 9.17) is 5.73 Å². The van der Waals surface area contributed by atoms with Crippen molar-refractivity contribution in [3.05, 3.63) is 40.2 Å². The number of hydrogen-bond donors (Lipinski definition) is 1. The van der Waals surface area contributed by atoms with Crippen LogP contribution in [0.25, 0.3) is 11.3 Å². The van der Waals surface area contributed by atoms with E-state index in [0.29, 0.717) is 17.7 Å².